The monoisotopic (exact) mass is 379 g/mol. The molecule has 2 aromatic carbocycles. The van der Waals surface area contributed by atoms with Gasteiger partial charge in [0, 0.05) is 30.3 Å². The van der Waals surface area contributed by atoms with Gasteiger partial charge in [-0.15, -0.1) is 0 Å². The number of anilines is 1. The first-order valence-electron chi connectivity index (χ1n) is 9.29. The van der Waals surface area contributed by atoms with E-state index in [0.29, 0.717) is 37.5 Å². The molecule has 0 saturated carbocycles. The van der Waals surface area contributed by atoms with E-state index < -0.39 is 6.61 Å². The summed E-state index contributed by atoms with van der Waals surface area (Å²) < 4.78 is 5.76. The second-order valence-corrected chi connectivity index (χ2v) is 6.87. The Kier molecular flexibility index (Phi) is 5.08. The van der Waals surface area contributed by atoms with Gasteiger partial charge in [-0.05, 0) is 49.2 Å². The first-order chi connectivity index (χ1) is 13.6. The third kappa shape index (κ3) is 3.75. The average molecular weight is 379 g/mol. The lowest BCUT2D eigenvalue weighted by atomic mass is 9.95. The summed E-state index contributed by atoms with van der Waals surface area (Å²) in [6, 6.07) is 15.0. The lowest BCUT2D eigenvalue weighted by Gasteiger charge is -2.30. The SMILES string of the molecule is O=C(Nc1ccc(-c2nc3ccccc3o2)cc1)C1CCN(C(=O)CO)CC1. The number of oxazole rings is 1. The molecule has 1 aromatic heterocycles. The van der Waals surface area contributed by atoms with E-state index in [9.17, 15) is 9.59 Å². The minimum absolute atomic E-state index is 0.0503. The minimum atomic E-state index is -0.483. The second-order valence-electron chi connectivity index (χ2n) is 6.87. The Labute approximate surface area is 162 Å². The summed E-state index contributed by atoms with van der Waals surface area (Å²) in [6.45, 7) is 0.506. The number of likely N-dealkylation sites (tertiary alicyclic amines) is 1. The van der Waals surface area contributed by atoms with Crippen molar-refractivity contribution in [3.8, 4) is 11.5 Å². The number of nitrogens with one attached hydrogen (secondary N) is 1. The van der Waals surface area contributed by atoms with Gasteiger partial charge in [0.15, 0.2) is 5.58 Å². The molecule has 2 amide bonds. The van der Waals surface area contributed by atoms with Crippen molar-refractivity contribution in [1.29, 1.82) is 0 Å². The molecule has 7 heteroatoms. The minimum Gasteiger partial charge on any atom is -0.436 e. The summed E-state index contributed by atoms with van der Waals surface area (Å²) in [6.07, 6.45) is 1.19. The molecule has 28 heavy (non-hydrogen) atoms. The number of rotatable bonds is 4. The first-order valence-corrected chi connectivity index (χ1v) is 9.29. The molecule has 0 spiro atoms. The average Bonchev–Trinajstić information content (AvgIpc) is 3.18. The lowest BCUT2D eigenvalue weighted by Crippen LogP contribution is -2.42. The summed E-state index contributed by atoms with van der Waals surface area (Å²) in [7, 11) is 0. The van der Waals surface area contributed by atoms with Crippen molar-refractivity contribution in [3.63, 3.8) is 0 Å². The molecule has 1 aliphatic rings. The molecule has 1 fully saturated rings. The maximum absolute atomic E-state index is 12.5. The van der Waals surface area contributed by atoms with E-state index in [-0.39, 0.29) is 17.7 Å². The van der Waals surface area contributed by atoms with Crippen molar-refractivity contribution in [2.24, 2.45) is 5.92 Å². The fourth-order valence-electron chi connectivity index (χ4n) is 3.43. The topological polar surface area (TPSA) is 95.7 Å². The van der Waals surface area contributed by atoms with Gasteiger partial charge >= 0.3 is 0 Å². The van der Waals surface area contributed by atoms with E-state index in [1.807, 2.05) is 48.5 Å². The standard InChI is InChI=1S/C21H21N3O4/c25-13-19(26)24-11-9-14(10-12-24)20(27)22-16-7-5-15(6-8-16)21-23-17-3-1-2-4-18(17)28-21/h1-8,14,25H,9-13H2,(H,22,27). The van der Waals surface area contributed by atoms with Gasteiger partial charge in [0.25, 0.3) is 0 Å². The van der Waals surface area contributed by atoms with E-state index in [0.717, 1.165) is 16.7 Å². The summed E-state index contributed by atoms with van der Waals surface area (Å²) >= 11 is 0. The molecular weight excluding hydrogens is 358 g/mol. The lowest BCUT2D eigenvalue weighted by molar-refractivity contribution is -0.137. The zero-order valence-corrected chi connectivity index (χ0v) is 15.3. The van der Waals surface area contributed by atoms with Crippen LogP contribution in [0.1, 0.15) is 12.8 Å². The van der Waals surface area contributed by atoms with Crippen LogP contribution in [0.25, 0.3) is 22.6 Å². The Morgan fingerprint density at radius 1 is 1.11 bits per heavy atom. The number of fused-ring (bicyclic) bond motifs is 1. The number of para-hydroxylation sites is 2. The number of aromatic nitrogens is 1. The predicted octanol–water partition coefficient (Wildman–Crippen LogP) is 2.66. The number of hydrogen-bond acceptors (Lipinski definition) is 5. The van der Waals surface area contributed by atoms with E-state index in [1.165, 1.54) is 0 Å². The van der Waals surface area contributed by atoms with Crippen LogP contribution in [0.2, 0.25) is 0 Å². The number of carbonyl (C=O) groups is 2. The van der Waals surface area contributed by atoms with E-state index in [2.05, 4.69) is 10.3 Å². The van der Waals surface area contributed by atoms with Crippen molar-refractivity contribution in [2.45, 2.75) is 12.8 Å². The second kappa shape index (κ2) is 7.82. The van der Waals surface area contributed by atoms with Crippen LogP contribution in [-0.2, 0) is 9.59 Å². The largest absolute Gasteiger partial charge is 0.436 e. The molecule has 0 unspecified atom stereocenters. The number of carbonyl (C=O) groups excluding carboxylic acids is 2. The van der Waals surface area contributed by atoms with Crippen molar-refractivity contribution in [1.82, 2.24) is 9.88 Å². The quantitative estimate of drug-likeness (QED) is 0.727. The Balaban J connectivity index is 1.38. The van der Waals surface area contributed by atoms with Gasteiger partial charge in [0.05, 0.1) is 0 Å². The fraction of sp³-hybridized carbons (Fsp3) is 0.286. The summed E-state index contributed by atoms with van der Waals surface area (Å²) in [5.74, 6) is 0.0683. The van der Waals surface area contributed by atoms with Gasteiger partial charge in [0.2, 0.25) is 17.7 Å². The molecule has 2 heterocycles. The number of benzene rings is 2. The van der Waals surface area contributed by atoms with Crippen molar-refractivity contribution in [3.05, 3.63) is 48.5 Å². The fourth-order valence-corrected chi connectivity index (χ4v) is 3.43. The van der Waals surface area contributed by atoms with Gasteiger partial charge in [-0.1, -0.05) is 12.1 Å². The maximum Gasteiger partial charge on any atom is 0.248 e. The molecule has 1 aliphatic heterocycles. The molecular formula is C21H21N3O4. The van der Waals surface area contributed by atoms with Crippen molar-refractivity contribution >= 4 is 28.6 Å². The summed E-state index contributed by atoms with van der Waals surface area (Å²) in [5, 5.41) is 11.9. The Morgan fingerprint density at radius 2 is 1.82 bits per heavy atom. The highest BCUT2D eigenvalue weighted by atomic mass is 16.3. The van der Waals surface area contributed by atoms with Crippen LogP contribution in [0, 0.1) is 5.92 Å². The van der Waals surface area contributed by atoms with E-state index in [4.69, 9.17) is 9.52 Å². The smallest absolute Gasteiger partial charge is 0.248 e. The first kappa shape index (κ1) is 18.2. The normalized spacial score (nSPS) is 15.0. The van der Waals surface area contributed by atoms with Gasteiger partial charge < -0.3 is 19.7 Å². The predicted molar refractivity (Wildman–Crippen MR) is 104 cm³/mol. The van der Waals surface area contributed by atoms with Crippen molar-refractivity contribution in [2.75, 3.05) is 25.0 Å². The van der Waals surface area contributed by atoms with Gasteiger partial charge in [-0.25, -0.2) is 4.98 Å². The van der Waals surface area contributed by atoms with Crippen LogP contribution in [0.15, 0.2) is 52.9 Å². The molecule has 144 valence electrons. The molecule has 1 saturated heterocycles. The third-order valence-electron chi connectivity index (χ3n) is 5.05. The molecule has 0 aliphatic carbocycles. The molecule has 0 atom stereocenters. The summed E-state index contributed by atoms with van der Waals surface area (Å²) in [5.41, 5.74) is 3.09. The summed E-state index contributed by atoms with van der Waals surface area (Å²) in [4.78, 5) is 30.1. The number of piperidine rings is 1. The van der Waals surface area contributed by atoms with Crippen LogP contribution >= 0.6 is 0 Å². The van der Waals surface area contributed by atoms with Crippen LogP contribution in [0.3, 0.4) is 0 Å². The highest BCUT2D eigenvalue weighted by molar-refractivity contribution is 5.93. The van der Waals surface area contributed by atoms with Gasteiger partial charge in [-0.2, -0.15) is 0 Å². The van der Waals surface area contributed by atoms with Crippen LogP contribution in [0.5, 0.6) is 0 Å². The highest BCUT2D eigenvalue weighted by Gasteiger charge is 2.27. The van der Waals surface area contributed by atoms with Crippen LogP contribution < -0.4 is 5.32 Å². The molecule has 7 nitrogen and oxygen atoms in total. The molecule has 0 bridgehead atoms. The number of nitrogens with zero attached hydrogens (tertiary/aromatic N) is 2. The molecule has 2 N–H and O–H groups in total. The number of amides is 2. The zero-order valence-electron chi connectivity index (χ0n) is 15.3. The molecule has 4 rings (SSSR count). The number of hydrogen-bond donors (Lipinski definition) is 2. The van der Waals surface area contributed by atoms with Gasteiger partial charge in [-0.3, -0.25) is 9.59 Å². The van der Waals surface area contributed by atoms with Crippen LogP contribution in [-0.4, -0.2) is 46.5 Å². The number of aliphatic hydroxyl groups is 1. The Bertz CT molecular complexity index is 955. The number of aliphatic hydroxyl groups excluding tert-OH is 1. The molecule has 3 aromatic rings. The third-order valence-corrected chi connectivity index (χ3v) is 5.05. The van der Waals surface area contributed by atoms with Crippen molar-refractivity contribution < 1.29 is 19.1 Å². The Morgan fingerprint density at radius 3 is 2.50 bits per heavy atom. The zero-order chi connectivity index (χ0) is 19.5. The maximum atomic E-state index is 12.5. The van der Waals surface area contributed by atoms with Gasteiger partial charge in [0.1, 0.15) is 12.1 Å². The van der Waals surface area contributed by atoms with E-state index >= 15 is 0 Å². The Hall–Kier alpha value is -3.19. The van der Waals surface area contributed by atoms with Crippen LogP contribution in [0.4, 0.5) is 5.69 Å². The molecule has 0 radical (unpaired) electrons. The highest BCUT2D eigenvalue weighted by Crippen LogP contribution is 2.26. The van der Waals surface area contributed by atoms with E-state index in [1.54, 1.807) is 4.90 Å².